The van der Waals surface area contributed by atoms with Gasteiger partial charge in [-0.3, -0.25) is 4.79 Å². The molecule has 4 heteroatoms. The Morgan fingerprint density at radius 3 is 2.13 bits per heavy atom. The molecule has 2 rings (SSSR count). The molecular weight excluding hydrogens is 290 g/mol. The smallest absolute Gasteiger partial charge is 0.255 e. The van der Waals surface area contributed by atoms with Gasteiger partial charge in [0.15, 0.2) is 0 Å². The van der Waals surface area contributed by atoms with Gasteiger partial charge in [-0.25, -0.2) is 0 Å². The van der Waals surface area contributed by atoms with Crippen molar-refractivity contribution in [2.24, 2.45) is 0 Å². The maximum atomic E-state index is 12.6. The molecule has 0 aromatic heterocycles. The normalized spacial score (nSPS) is 10.3. The summed E-state index contributed by atoms with van der Waals surface area (Å²) >= 11 is 0. The first-order valence-corrected chi connectivity index (χ1v) is 7.82. The number of hydrogen-bond acceptors (Lipinski definition) is 3. The van der Waals surface area contributed by atoms with E-state index in [4.69, 9.17) is 9.47 Å². The molecule has 0 saturated carbocycles. The average molecular weight is 313 g/mol. The molecule has 0 heterocycles. The highest BCUT2D eigenvalue weighted by molar-refractivity contribution is 6.05. The topological polar surface area (TPSA) is 47.6 Å². The maximum absolute atomic E-state index is 12.6. The van der Waals surface area contributed by atoms with Crippen LogP contribution in [0.1, 0.15) is 35.3 Å². The van der Waals surface area contributed by atoms with Crippen molar-refractivity contribution >= 4 is 11.6 Å². The number of ether oxygens (including phenoxy) is 2. The van der Waals surface area contributed by atoms with Crippen molar-refractivity contribution < 1.29 is 14.3 Å². The van der Waals surface area contributed by atoms with E-state index in [0.29, 0.717) is 30.3 Å². The second-order valence-corrected chi connectivity index (χ2v) is 5.33. The molecule has 0 fully saturated rings. The standard InChI is InChI=1S/C19H23NO3/c1-5-22-16-10-15(11-17(12-16)23-6-2)19(21)20-18-9-13(3)7-8-14(18)4/h7-12H,5-6H2,1-4H3,(H,20,21). The van der Waals surface area contributed by atoms with Gasteiger partial charge in [0, 0.05) is 17.3 Å². The molecule has 0 aliphatic heterocycles. The van der Waals surface area contributed by atoms with E-state index in [2.05, 4.69) is 5.32 Å². The van der Waals surface area contributed by atoms with E-state index in [1.54, 1.807) is 18.2 Å². The molecule has 0 unspecified atom stereocenters. The van der Waals surface area contributed by atoms with Gasteiger partial charge in [0.25, 0.3) is 5.91 Å². The van der Waals surface area contributed by atoms with E-state index in [-0.39, 0.29) is 5.91 Å². The molecule has 4 nitrogen and oxygen atoms in total. The minimum atomic E-state index is -0.179. The third-order valence-corrected chi connectivity index (χ3v) is 3.41. The predicted octanol–water partition coefficient (Wildman–Crippen LogP) is 4.35. The van der Waals surface area contributed by atoms with Crippen LogP contribution in [0.4, 0.5) is 5.69 Å². The molecule has 122 valence electrons. The summed E-state index contributed by atoms with van der Waals surface area (Å²) in [6.45, 7) is 8.85. The number of carbonyl (C=O) groups is 1. The lowest BCUT2D eigenvalue weighted by atomic mass is 10.1. The van der Waals surface area contributed by atoms with Crippen molar-refractivity contribution in [2.75, 3.05) is 18.5 Å². The minimum absolute atomic E-state index is 0.179. The van der Waals surface area contributed by atoms with Crippen molar-refractivity contribution in [3.63, 3.8) is 0 Å². The van der Waals surface area contributed by atoms with Gasteiger partial charge in [-0.2, -0.15) is 0 Å². The SMILES string of the molecule is CCOc1cc(OCC)cc(C(=O)Nc2cc(C)ccc2C)c1. The molecule has 23 heavy (non-hydrogen) atoms. The fourth-order valence-corrected chi connectivity index (χ4v) is 2.27. The molecule has 0 aliphatic rings. The number of rotatable bonds is 6. The van der Waals surface area contributed by atoms with E-state index < -0.39 is 0 Å². The highest BCUT2D eigenvalue weighted by atomic mass is 16.5. The number of amides is 1. The molecule has 0 radical (unpaired) electrons. The van der Waals surface area contributed by atoms with Crippen LogP contribution in [-0.2, 0) is 0 Å². The van der Waals surface area contributed by atoms with E-state index in [1.165, 1.54) is 0 Å². The van der Waals surface area contributed by atoms with Crippen LogP contribution in [-0.4, -0.2) is 19.1 Å². The second kappa shape index (κ2) is 7.68. The van der Waals surface area contributed by atoms with Crippen LogP contribution in [0.3, 0.4) is 0 Å². The number of benzene rings is 2. The van der Waals surface area contributed by atoms with Crippen LogP contribution in [0.5, 0.6) is 11.5 Å². The Hall–Kier alpha value is -2.49. The number of hydrogen-bond donors (Lipinski definition) is 1. The fourth-order valence-electron chi connectivity index (χ4n) is 2.27. The number of aryl methyl sites for hydroxylation is 2. The molecule has 0 atom stereocenters. The molecule has 2 aromatic rings. The molecule has 0 bridgehead atoms. The highest BCUT2D eigenvalue weighted by Crippen LogP contribution is 2.25. The highest BCUT2D eigenvalue weighted by Gasteiger charge is 2.12. The Morgan fingerprint density at radius 2 is 1.57 bits per heavy atom. The second-order valence-electron chi connectivity index (χ2n) is 5.33. The van der Waals surface area contributed by atoms with Crippen molar-refractivity contribution in [1.82, 2.24) is 0 Å². The Labute approximate surface area is 137 Å². The van der Waals surface area contributed by atoms with Crippen molar-refractivity contribution in [3.8, 4) is 11.5 Å². The van der Waals surface area contributed by atoms with Gasteiger partial charge in [-0.1, -0.05) is 12.1 Å². The van der Waals surface area contributed by atoms with Crippen molar-refractivity contribution in [3.05, 3.63) is 53.1 Å². The van der Waals surface area contributed by atoms with Crippen LogP contribution < -0.4 is 14.8 Å². The summed E-state index contributed by atoms with van der Waals surface area (Å²) in [5.74, 6) is 1.08. The third-order valence-electron chi connectivity index (χ3n) is 3.41. The molecule has 0 saturated heterocycles. The van der Waals surface area contributed by atoms with Gasteiger partial charge in [-0.15, -0.1) is 0 Å². The zero-order valence-corrected chi connectivity index (χ0v) is 14.1. The summed E-state index contributed by atoms with van der Waals surface area (Å²) in [6, 6.07) is 11.2. The largest absolute Gasteiger partial charge is 0.494 e. The quantitative estimate of drug-likeness (QED) is 0.862. The zero-order valence-electron chi connectivity index (χ0n) is 14.1. The Bertz CT molecular complexity index is 671. The van der Waals surface area contributed by atoms with Gasteiger partial charge in [0.1, 0.15) is 11.5 Å². The average Bonchev–Trinajstić information content (AvgIpc) is 2.51. The predicted molar refractivity (Wildman–Crippen MR) is 92.6 cm³/mol. The summed E-state index contributed by atoms with van der Waals surface area (Å²) < 4.78 is 11.0. The Morgan fingerprint density at radius 1 is 0.957 bits per heavy atom. The van der Waals surface area contributed by atoms with Gasteiger partial charge in [0.2, 0.25) is 0 Å². The molecule has 0 aliphatic carbocycles. The number of anilines is 1. The first kappa shape index (κ1) is 16.9. The summed E-state index contributed by atoms with van der Waals surface area (Å²) in [4.78, 5) is 12.6. The summed E-state index contributed by atoms with van der Waals surface area (Å²) in [6.07, 6.45) is 0. The van der Waals surface area contributed by atoms with Crippen LogP contribution in [0, 0.1) is 13.8 Å². The lowest BCUT2D eigenvalue weighted by Gasteiger charge is -2.12. The minimum Gasteiger partial charge on any atom is -0.494 e. The molecule has 1 amide bonds. The van der Waals surface area contributed by atoms with Crippen LogP contribution in [0.2, 0.25) is 0 Å². The summed E-state index contributed by atoms with van der Waals surface area (Å²) in [5, 5.41) is 2.96. The summed E-state index contributed by atoms with van der Waals surface area (Å²) in [5.41, 5.74) is 3.45. The van der Waals surface area contributed by atoms with Crippen LogP contribution in [0.25, 0.3) is 0 Å². The Balaban J connectivity index is 2.28. The summed E-state index contributed by atoms with van der Waals surface area (Å²) in [7, 11) is 0. The van der Waals surface area contributed by atoms with Gasteiger partial charge >= 0.3 is 0 Å². The first-order chi connectivity index (χ1) is 11.0. The first-order valence-electron chi connectivity index (χ1n) is 7.82. The van der Waals surface area contributed by atoms with E-state index in [0.717, 1.165) is 16.8 Å². The van der Waals surface area contributed by atoms with Crippen molar-refractivity contribution in [2.45, 2.75) is 27.7 Å². The van der Waals surface area contributed by atoms with Crippen LogP contribution in [0.15, 0.2) is 36.4 Å². The van der Waals surface area contributed by atoms with Crippen LogP contribution >= 0.6 is 0 Å². The van der Waals surface area contributed by atoms with E-state index in [9.17, 15) is 4.79 Å². The molecule has 0 spiro atoms. The number of nitrogens with one attached hydrogen (secondary N) is 1. The fraction of sp³-hybridized carbons (Fsp3) is 0.316. The molecular formula is C19H23NO3. The lowest BCUT2D eigenvalue weighted by Crippen LogP contribution is -2.13. The van der Waals surface area contributed by atoms with Crippen molar-refractivity contribution in [1.29, 1.82) is 0 Å². The molecule has 1 N–H and O–H groups in total. The maximum Gasteiger partial charge on any atom is 0.255 e. The molecule has 2 aromatic carbocycles. The van der Waals surface area contributed by atoms with E-state index >= 15 is 0 Å². The zero-order chi connectivity index (χ0) is 16.8. The van der Waals surface area contributed by atoms with Gasteiger partial charge in [-0.05, 0) is 57.0 Å². The third kappa shape index (κ3) is 4.49. The Kier molecular flexibility index (Phi) is 5.63. The van der Waals surface area contributed by atoms with E-state index in [1.807, 2.05) is 45.9 Å². The monoisotopic (exact) mass is 313 g/mol. The van der Waals surface area contributed by atoms with Gasteiger partial charge in [0.05, 0.1) is 13.2 Å². The lowest BCUT2D eigenvalue weighted by molar-refractivity contribution is 0.102. The van der Waals surface area contributed by atoms with Gasteiger partial charge < -0.3 is 14.8 Å². The number of carbonyl (C=O) groups excluding carboxylic acids is 1.